The number of rotatable bonds is 4. The van der Waals surface area contributed by atoms with Gasteiger partial charge in [-0.15, -0.1) is 0 Å². The Kier molecular flexibility index (Phi) is 4.81. The van der Waals surface area contributed by atoms with Gasteiger partial charge < -0.3 is 10.6 Å². The second-order valence-corrected chi connectivity index (χ2v) is 7.26. The largest absolute Gasteiger partial charge is 0.335 e. The molecule has 7 heteroatoms. The number of nitrogens with zero attached hydrogens (tertiary/aromatic N) is 3. The van der Waals surface area contributed by atoms with E-state index in [1.807, 2.05) is 32.0 Å². The Morgan fingerprint density at radius 1 is 1.18 bits per heavy atom. The van der Waals surface area contributed by atoms with Crippen LogP contribution < -0.4 is 10.6 Å². The van der Waals surface area contributed by atoms with Gasteiger partial charge in [0.05, 0.1) is 17.6 Å². The normalized spacial score (nSPS) is 18.4. The summed E-state index contributed by atoms with van der Waals surface area (Å²) in [6.07, 6.45) is 3.24. The van der Waals surface area contributed by atoms with Crippen molar-refractivity contribution in [2.75, 3.05) is 5.32 Å². The summed E-state index contributed by atoms with van der Waals surface area (Å²) in [5.74, 6) is 0.777. The van der Waals surface area contributed by atoms with E-state index < -0.39 is 0 Å². The van der Waals surface area contributed by atoms with Crippen molar-refractivity contribution < 1.29 is 9.18 Å². The zero-order valence-corrected chi connectivity index (χ0v) is 15.8. The van der Waals surface area contributed by atoms with Crippen molar-refractivity contribution in [3.8, 4) is 5.82 Å². The third kappa shape index (κ3) is 3.88. The van der Waals surface area contributed by atoms with Crippen molar-refractivity contribution in [2.45, 2.75) is 38.6 Å². The topological polar surface area (TPSA) is 71.8 Å². The Morgan fingerprint density at radius 3 is 2.64 bits per heavy atom. The molecule has 1 fully saturated rings. The second kappa shape index (κ2) is 7.42. The molecule has 1 saturated carbocycles. The molecule has 2 N–H and O–H groups in total. The molecule has 0 aliphatic heterocycles. The van der Waals surface area contributed by atoms with E-state index in [1.165, 1.54) is 6.07 Å². The first-order valence-corrected chi connectivity index (χ1v) is 9.30. The zero-order chi connectivity index (χ0) is 19.7. The fourth-order valence-electron chi connectivity index (χ4n) is 3.57. The van der Waals surface area contributed by atoms with Gasteiger partial charge in [-0.25, -0.2) is 18.9 Å². The molecule has 3 aromatic rings. The van der Waals surface area contributed by atoms with Gasteiger partial charge in [-0.3, -0.25) is 0 Å². The van der Waals surface area contributed by atoms with Crippen LogP contribution in [0.15, 0.2) is 48.7 Å². The fraction of sp³-hybridized carbons (Fsp3) is 0.286. The molecule has 0 bridgehead atoms. The number of amides is 2. The maximum atomic E-state index is 13.3. The average Bonchev–Trinajstić information content (AvgIpc) is 2.96. The van der Waals surface area contributed by atoms with E-state index in [0.29, 0.717) is 17.4 Å². The van der Waals surface area contributed by atoms with Crippen LogP contribution in [-0.2, 0) is 0 Å². The van der Waals surface area contributed by atoms with E-state index in [4.69, 9.17) is 0 Å². The number of halogens is 1. The molecule has 1 aliphatic carbocycles. The molecule has 2 amide bonds. The fourth-order valence-corrected chi connectivity index (χ4v) is 3.57. The SMILES string of the molecule is Cc1cc(C)n(-c2ccc(NC(=O)NC3CC(c4cccc(F)c4)C3)cn2)n1. The van der Waals surface area contributed by atoms with Crippen LogP contribution in [0.3, 0.4) is 0 Å². The molecular weight excluding hydrogens is 357 g/mol. The van der Waals surface area contributed by atoms with E-state index in [1.54, 1.807) is 29.1 Å². The molecule has 6 nitrogen and oxygen atoms in total. The Labute approximate surface area is 162 Å². The number of nitrogens with one attached hydrogen (secondary N) is 2. The average molecular weight is 379 g/mol. The van der Waals surface area contributed by atoms with Gasteiger partial charge in [-0.2, -0.15) is 5.10 Å². The molecule has 0 atom stereocenters. The van der Waals surface area contributed by atoms with Gasteiger partial charge in [0.1, 0.15) is 5.82 Å². The first-order valence-electron chi connectivity index (χ1n) is 9.30. The molecule has 144 valence electrons. The van der Waals surface area contributed by atoms with Gasteiger partial charge >= 0.3 is 6.03 Å². The number of pyridine rings is 1. The summed E-state index contributed by atoms with van der Waals surface area (Å²) in [5.41, 5.74) is 3.53. The van der Waals surface area contributed by atoms with Crippen LogP contribution in [0.4, 0.5) is 14.9 Å². The van der Waals surface area contributed by atoms with Crippen molar-refractivity contribution in [3.63, 3.8) is 0 Å². The van der Waals surface area contributed by atoms with Gasteiger partial charge in [0.25, 0.3) is 0 Å². The minimum Gasteiger partial charge on any atom is -0.335 e. The summed E-state index contributed by atoms with van der Waals surface area (Å²) in [6.45, 7) is 3.90. The highest BCUT2D eigenvalue weighted by Crippen LogP contribution is 2.37. The lowest BCUT2D eigenvalue weighted by Crippen LogP contribution is -2.45. The monoisotopic (exact) mass is 379 g/mol. The van der Waals surface area contributed by atoms with Crippen molar-refractivity contribution in [2.24, 2.45) is 0 Å². The Balaban J connectivity index is 1.29. The molecule has 1 aromatic carbocycles. The molecule has 0 radical (unpaired) electrons. The number of benzene rings is 1. The summed E-state index contributed by atoms with van der Waals surface area (Å²) in [7, 11) is 0. The van der Waals surface area contributed by atoms with Crippen LogP contribution in [-0.4, -0.2) is 26.8 Å². The van der Waals surface area contributed by atoms with E-state index in [9.17, 15) is 9.18 Å². The standard InChI is InChI=1S/C21H22FN5O/c1-13-8-14(2)27(26-13)20-7-6-18(12-23-20)24-21(28)25-19-10-16(11-19)15-4-3-5-17(22)9-15/h3-9,12,16,19H,10-11H2,1-2H3,(H2,24,25,28). The highest BCUT2D eigenvalue weighted by Gasteiger charge is 2.31. The smallest absolute Gasteiger partial charge is 0.319 e. The number of anilines is 1. The zero-order valence-electron chi connectivity index (χ0n) is 15.8. The molecule has 4 rings (SSSR count). The molecule has 2 aromatic heterocycles. The number of hydrogen-bond donors (Lipinski definition) is 2. The Bertz CT molecular complexity index is 992. The summed E-state index contributed by atoms with van der Waals surface area (Å²) >= 11 is 0. The number of aromatic nitrogens is 3. The number of urea groups is 1. The molecule has 2 heterocycles. The quantitative estimate of drug-likeness (QED) is 0.717. The molecule has 0 spiro atoms. The molecule has 0 unspecified atom stereocenters. The maximum absolute atomic E-state index is 13.3. The van der Waals surface area contributed by atoms with Crippen LogP contribution in [0.2, 0.25) is 0 Å². The van der Waals surface area contributed by atoms with E-state index in [0.717, 1.165) is 29.8 Å². The lowest BCUT2D eigenvalue weighted by Gasteiger charge is -2.36. The summed E-state index contributed by atoms with van der Waals surface area (Å²) < 4.78 is 15.1. The van der Waals surface area contributed by atoms with Crippen molar-refractivity contribution in [3.05, 3.63) is 71.4 Å². The molecule has 0 saturated heterocycles. The highest BCUT2D eigenvalue weighted by molar-refractivity contribution is 5.89. The summed E-state index contributed by atoms with van der Waals surface area (Å²) in [5, 5.41) is 10.1. The summed E-state index contributed by atoms with van der Waals surface area (Å²) in [6, 6.07) is 12.1. The van der Waals surface area contributed by atoms with Gasteiger partial charge in [-0.1, -0.05) is 12.1 Å². The predicted molar refractivity (Wildman–Crippen MR) is 105 cm³/mol. The van der Waals surface area contributed by atoms with E-state index in [2.05, 4.69) is 20.7 Å². The van der Waals surface area contributed by atoms with Gasteiger partial charge in [-0.05, 0) is 68.5 Å². The lowest BCUT2D eigenvalue weighted by molar-refractivity contribution is 0.233. The van der Waals surface area contributed by atoms with Crippen LogP contribution in [0.5, 0.6) is 0 Å². The van der Waals surface area contributed by atoms with Gasteiger partial charge in [0.2, 0.25) is 0 Å². The van der Waals surface area contributed by atoms with Gasteiger partial charge in [0.15, 0.2) is 5.82 Å². The number of carbonyl (C=O) groups excluding carboxylic acids is 1. The van der Waals surface area contributed by atoms with Crippen molar-refractivity contribution in [1.29, 1.82) is 0 Å². The van der Waals surface area contributed by atoms with Gasteiger partial charge in [0, 0.05) is 11.7 Å². The first-order chi connectivity index (χ1) is 13.5. The predicted octanol–water partition coefficient (Wildman–Crippen LogP) is 4.09. The third-order valence-electron chi connectivity index (χ3n) is 5.03. The van der Waals surface area contributed by atoms with Crippen molar-refractivity contribution >= 4 is 11.7 Å². The molecular formula is C21H22FN5O. The molecule has 28 heavy (non-hydrogen) atoms. The third-order valence-corrected chi connectivity index (χ3v) is 5.03. The van der Waals surface area contributed by atoms with Crippen molar-refractivity contribution in [1.82, 2.24) is 20.1 Å². The van der Waals surface area contributed by atoms with E-state index in [-0.39, 0.29) is 17.9 Å². The van der Waals surface area contributed by atoms with Crippen LogP contribution >= 0.6 is 0 Å². The first kappa shape index (κ1) is 18.2. The summed E-state index contributed by atoms with van der Waals surface area (Å²) in [4.78, 5) is 16.6. The number of hydrogen-bond acceptors (Lipinski definition) is 3. The maximum Gasteiger partial charge on any atom is 0.319 e. The lowest BCUT2D eigenvalue weighted by atomic mass is 9.76. The minimum atomic E-state index is -0.261. The Hall–Kier alpha value is -3.22. The number of carbonyl (C=O) groups is 1. The molecule has 1 aliphatic rings. The number of aryl methyl sites for hydroxylation is 2. The minimum absolute atomic E-state index is 0.0928. The highest BCUT2D eigenvalue weighted by atomic mass is 19.1. The Morgan fingerprint density at radius 2 is 2.00 bits per heavy atom. The van der Waals surface area contributed by atoms with E-state index >= 15 is 0 Å². The van der Waals surface area contributed by atoms with Crippen LogP contribution in [0.25, 0.3) is 5.82 Å². The second-order valence-electron chi connectivity index (χ2n) is 7.26. The van der Waals surface area contributed by atoms with Crippen LogP contribution in [0.1, 0.15) is 35.7 Å². The van der Waals surface area contributed by atoms with Crippen LogP contribution in [0, 0.1) is 19.7 Å².